The van der Waals surface area contributed by atoms with Gasteiger partial charge >= 0.3 is 0 Å². The molecule has 9 heteroatoms. The van der Waals surface area contributed by atoms with E-state index in [0.717, 1.165) is 6.54 Å². The molecule has 0 unspecified atom stereocenters. The lowest BCUT2D eigenvalue weighted by Crippen LogP contribution is -2.17. The number of aryl methyl sites for hydroxylation is 1. The minimum Gasteiger partial charge on any atom is -0.495 e. The highest BCUT2D eigenvalue weighted by Gasteiger charge is 2.19. The molecule has 0 heterocycles. The monoisotopic (exact) mass is 427 g/mol. The Bertz CT molecular complexity index is 904. The van der Waals surface area contributed by atoms with Crippen molar-refractivity contribution in [3.8, 4) is 5.75 Å². The molecule has 0 radical (unpaired) electrons. The van der Waals surface area contributed by atoms with Crippen molar-refractivity contribution in [3.63, 3.8) is 0 Å². The van der Waals surface area contributed by atoms with Gasteiger partial charge in [0.2, 0.25) is 5.91 Å². The maximum atomic E-state index is 12.9. The molecule has 2 aromatic carbocycles. The van der Waals surface area contributed by atoms with Crippen LogP contribution in [0.25, 0.3) is 0 Å². The Balaban J connectivity index is 0.00000392. The van der Waals surface area contributed by atoms with Crippen LogP contribution in [0.15, 0.2) is 47.4 Å². The number of nitrogens with one attached hydrogen (secondary N) is 3. The maximum absolute atomic E-state index is 12.9. The summed E-state index contributed by atoms with van der Waals surface area (Å²) >= 11 is 0. The van der Waals surface area contributed by atoms with E-state index in [2.05, 4.69) is 15.4 Å². The minimum atomic E-state index is -3.85. The molecular weight excluding hydrogens is 402 g/mol. The Morgan fingerprint density at radius 3 is 2.54 bits per heavy atom. The number of ether oxygens (including phenoxy) is 1. The van der Waals surface area contributed by atoms with Gasteiger partial charge < -0.3 is 15.4 Å². The molecule has 7 nitrogen and oxygen atoms in total. The van der Waals surface area contributed by atoms with Gasteiger partial charge in [0.05, 0.1) is 17.7 Å². The topological polar surface area (TPSA) is 96.5 Å². The van der Waals surface area contributed by atoms with Crippen molar-refractivity contribution < 1.29 is 17.9 Å². The van der Waals surface area contributed by atoms with Gasteiger partial charge in [-0.15, -0.1) is 12.4 Å². The fraction of sp³-hybridized carbons (Fsp3) is 0.316. The highest BCUT2D eigenvalue weighted by atomic mass is 35.5. The molecule has 0 atom stereocenters. The number of para-hydroxylation sites is 2. The Kier molecular flexibility index (Phi) is 9.24. The largest absolute Gasteiger partial charge is 0.495 e. The number of hydrogen-bond donors (Lipinski definition) is 3. The van der Waals surface area contributed by atoms with Crippen LogP contribution in [0.4, 0.5) is 11.4 Å². The number of amides is 1. The number of halogens is 1. The second kappa shape index (κ2) is 10.9. The fourth-order valence-electron chi connectivity index (χ4n) is 2.55. The zero-order chi connectivity index (χ0) is 19.9. The summed E-state index contributed by atoms with van der Waals surface area (Å²) in [5.41, 5.74) is 1.36. The minimum absolute atomic E-state index is 0. The van der Waals surface area contributed by atoms with Crippen molar-refractivity contribution in [3.05, 3.63) is 48.0 Å². The summed E-state index contributed by atoms with van der Waals surface area (Å²) in [5.74, 6) is 0.267. The van der Waals surface area contributed by atoms with E-state index in [4.69, 9.17) is 4.74 Å². The van der Waals surface area contributed by atoms with Crippen molar-refractivity contribution in [2.45, 2.75) is 24.7 Å². The summed E-state index contributed by atoms with van der Waals surface area (Å²) in [7, 11) is -0.549. The lowest BCUT2D eigenvalue weighted by atomic mass is 10.2. The third-order valence-corrected chi connectivity index (χ3v) is 5.45. The predicted molar refractivity (Wildman–Crippen MR) is 114 cm³/mol. The molecule has 3 N–H and O–H groups in total. The van der Waals surface area contributed by atoms with Crippen molar-refractivity contribution >= 4 is 39.7 Å². The second-order valence-corrected chi connectivity index (χ2v) is 7.69. The first-order chi connectivity index (χ1) is 12.9. The van der Waals surface area contributed by atoms with Crippen LogP contribution < -0.4 is 20.1 Å². The third kappa shape index (κ3) is 6.40. The van der Waals surface area contributed by atoms with Crippen molar-refractivity contribution in [2.75, 3.05) is 30.7 Å². The number of sulfonamides is 1. The number of carbonyl (C=O) groups is 1. The van der Waals surface area contributed by atoms with Crippen molar-refractivity contribution in [2.24, 2.45) is 0 Å². The molecular formula is C19H26ClN3O4S. The first-order valence-corrected chi connectivity index (χ1v) is 10.1. The van der Waals surface area contributed by atoms with E-state index in [0.29, 0.717) is 35.5 Å². The van der Waals surface area contributed by atoms with Crippen LogP contribution in [0, 0.1) is 6.92 Å². The number of rotatable bonds is 9. The number of carbonyl (C=O) groups excluding carboxylic acids is 1. The van der Waals surface area contributed by atoms with Crippen molar-refractivity contribution in [1.82, 2.24) is 5.32 Å². The summed E-state index contributed by atoms with van der Waals surface area (Å²) < 4.78 is 33.4. The Hall–Kier alpha value is -2.29. The van der Waals surface area contributed by atoms with E-state index in [1.165, 1.54) is 13.2 Å². The smallest absolute Gasteiger partial charge is 0.262 e. The summed E-state index contributed by atoms with van der Waals surface area (Å²) in [5, 5.41) is 5.72. The van der Waals surface area contributed by atoms with Crippen LogP contribution >= 0.6 is 12.4 Å². The fourth-order valence-corrected chi connectivity index (χ4v) is 3.89. The van der Waals surface area contributed by atoms with Crippen LogP contribution in [-0.2, 0) is 14.8 Å². The van der Waals surface area contributed by atoms with Crippen LogP contribution in [0.3, 0.4) is 0 Å². The van der Waals surface area contributed by atoms with Gasteiger partial charge in [-0.25, -0.2) is 8.42 Å². The average Bonchev–Trinajstić information content (AvgIpc) is 2.63. The van der Waals surface area contributed by atoms with Gasteiger partial charge in [0, 0.05) is 12.1 Å². The highest BCUT2D eigenvalue weighted by Crippen LogP contribution is 2.28. The Morgan fingerprint density at radius 1 is 1.14 bits per heavy atom. The highest BCUT2D eigenvalue weighted by molar-refractivity contribution is 7.92. The Morgan fingerprint density at radius 2 is 1.86 bits per heavy atom. The molecule has 154 valence electrons. The Labute approximate surface area is 172 Å². The van der Waals surface area contributed by atoms with E-state index in [1.54, 1.807) is 43.3 Å². The van der Waals surface area contributed by atoms with Gasteiger partial charge in [-0.05, 0) is 56.8 Å². The molecule has 0 aromatic heterocycles. The molecule has 0 spiro atoms. The average molecular weight is 428 g/mol. The molecule has 1 amide bonds. The van der Waals surface area contributed by atoms with E-state index >= 15 is 0 Å². The summed E-state index contributed by atoms with van der Waals surface area (Å²) in [6.45, 7) is 2.44. The lowest BCUT2D eigenvalue weighted by molar-refractivity contribution is -0.116. The van der Waals surface area contributed by atoms with E-state index in [1.807, 2.05) is 7.05 Å². The molecule has 0 fully saturated rings. The zero-order valence-corrected chi connectivity index (χ0v) is 17.7. The molecule has 28 heavy (non-hydrogen) atoms. The van der Waals surface area contributed by atoms with Gasteiger partial charge in [0.15, 0.2) is 0 Å². The molecule has 0 saturated carbocycles. The zero-order valence-electron chi connectivity index (χ0n) is 16.1. The number of hydrogen-bond acceptors (Lipinski definition) is 5. The van der Waals surface area contributed by atoms with Gasteiger partial charge in [0.1, 0.15) is 5.75 Å². The SMILES string of the molecule is CNCCCC(=O)Nc1ccc(C)c(S(=O)(=O)Nc2ccccc2OC)c1.Cl. The molecule has 0 saturated heterocycles. The standard InChI is InChI=1S/C19H25N3O4S.ClH/c1-14-10-11-15(21-19(23)9-6-12-20-2)13-18(14)27(24,25)22-16-7-4-5-8-17(16)26-3;/h4-5,7-8,10-11,13,20,22H,6,9,12H2,1-3H3,(H,21,23);1H. The lowest BCUT2D eigenvalue weighted by Gasteiger charge is -2.14. The number of benzene rings is 2. The van der Waals surface area contributed by atoms with Crippen LogP contribution in [-0.4, -0.2) is 35.0 Å². The van der Waals surface area contributed by atoms with Gasteiger partial charge in [-0.3, -0.25) is 9.52 Å². The summed E-state index contributed by atoms with van der Waals surface area (Å²) in [4.78, 5) is 12.1. The molecule has 2 aromatic rings. The van der Waals surface area contributed by atoms with Crippen LogP contribution in [0.5, 0.6) is 5.75 Å². The molecule has 0 aliphatic carbocycles. The second-order valence-electron chi connectivity index (χ2n) is 6.04. The van der Waals surface area contributed by atoms with Crippen LogP contribution in [0.1, 0.15) is 18.4 Å². The summed E-state index contributed by atoms with van der Waals surface area (Å²) in [6.07, 6.45) is 1.06. The molecule has 0 aliphatic rings. The van der Waals surface area contributed by atoms with Gasteiger partial charge in [0.25, 0.3) is 10.0 Å². The van der Waals surface area contributed by atoms with Gasteiger partial charge in [-0.1, -0.05) is 18.2 Å². The number of methoxy groups -OCH3 is 1. The normalized spacial score (nSPS) is 10.7. The van der Waals surface area contributed by atoms with E-state index in [-0.39, 0.29) is 23.2 Å². The maximum Gasteiger partial charge on any atom is 0.262 e. The molecule has 0 bridgehead atoms. The number of anilines is 2. The predicted octanol–water partition coefficient (Wildman–Crippen LogP) is 3.16. The molecule has 2 rings (SSSR count). The van der Waals surface area contributed by atoms with Gasteiger partial charge in [-0.2, -0.15) is 0 Å². The first-order valence-electron chi connectivity index (χ1n) is 8.58. The van der Waals surface area contributed by atoms with Crippen molar-refractivity contribution in [1.29, 1.82) is 0 Å². The quantitative estimate of drug-likeness (QED) is 0.534. The van der Waals surface area contributed by atoms with E-state index < -0.39 is 10.0 Å². The summed E-state index contributed by atoms with van der Waals surface area (Å²) in [6, 6.07) is 11.6. The first kappa shape index (κ1) is 23.7. The molecule has 0 aliphatic heterocycles. The third-order valence-electron chi connectivity index (χ3n) is 3.94. The van der Waals surface area contributed by atoms with E-state index in [9.17, 15) is 13.2 Å². The van der Waals surface area contributed by atoms with Crippen LogP contribution in [0.2, 0.25) is 0 Å².